The van der Waals surface area contributed by atoms with Crippen LogP contribution in [0.15, 0.2) is 12.3 Å². The molecule has 0 aliphatic carbocycles. The van der Waals surface area contributed by atoms with Crippen molar-refractivity contribution in [2.45, 2.75) is 38.6 Å². The van der Waals surface area contributed by atoms with Gasteiger partial charge in [-0.1, -0.05) is 0 Å². The topological polar surface area (TPSA) is 61.8 Å². The Morgan fingerprint density at radius 3 is 2.63 bits per heavy atom. The van der Waals surface area contributed by atoms with Gasteiger partial charge in [-0.25, -0.2) is 9.97 Å². The summed E-state index contributed by atoms with van der Waals surface area (Å²) in [6, 6.07) is 2.59. The highest BCUT2D eigenvalue weighted by molar-refractivity contribution is 5.79. The lowest BCUT2D eigenvalue weighted by Gasteiger charge is -2.43. The molecule has 0 unspecified atom stereocenters. The van der Waals surface area contributed by atoms with Crippen molar-refractivity contribution in [3.63, 3.8) is 0 Å². The van der Waals surface area contributed by atoms with Gasteiger partial charge in [0.2, 0.25) is 5.91 Å². The second-order valence-electron chi connectivity index (χ2n) is 7.95. The van der Waals surface area contributed by atoms with Crippen LogP contribution in [0.3, 0.4) is 0 Å². The van der Waals surface area contributed by atoms with Gasteiger partial charge < -0.3 is 14.5 Å². The molecule has 3 saturated heterocycles. The number of hydrogen-bond acceptors (Lipinski definition) is 6. The molecule has 3 aliphatic heterocycles. The highest BCUT2D eigenvalue weighted by atomic mass is 16.5. The Balaban J connectivity index is 1.31. The first-order valence-corrected chi connectivity index (χ1v) is 10.4. The molecule has 3 aliphatic rings. The number of ether oxygens (including phenoxy) is 1. The minimum absolute atomic E-state index is 0.166. The van der Waals surface area contributed by atoms with Crippen molar-refractivity contribution in [3.8, 4) is 0 Å². The van der Waals surface area contributed by atoms with E-state index in [9.17, 15) is 4.79 Å². The number of aryl methyl sites for hydroxylation is 1. The van der Waals surface area contributed by atoms with E-state index in [0.29, 0.717) is 25.2 Å². The van der Waals surface area contributed by atoms with E-state index in [1.807, 2.05) is 24.1 Å². The van der Waals surface area contributed by atoms with Gasteiger partial charge >= 0.3 is 0 Å². The number of nitrogens with zero attached hydrogens (tertiary/aromatic N) is 5. The summed E-state index contributed by atoms with van der Waals surface area (Å²) in [6.45, 7) is 8.93. The molecule has 1 amide bonds. The van der Waals surface area contributed by atoms with E-state index in [1.165, 1.54) is 0 Å². The summed E-state index contributed by atoms with van der Waals surface area (Å²) in [5.41, 5.74) is 0. The molecular formula is C20H31N5O2. The van der Waals surface area contributed by atoms with Crippen molar-refractivity contribution < 1.29 is 9.53 Å². The molecule has 27 heavy (non-hydrogen) atoms. The van der Waals surface area contributed by atoms with Gasteiger partial charge in [-0.15, -0.1) is 0 Å². The molecular weight excluding hydrogens is 342 g/mol. The van der Waals surface area contributed by atoms with E-state index in [1.54, 1.807) is 0 Å². The van der Waals surface area contributed by atoms with Crippen LogP contribution in [0.1, 0.15) is 31.5 Å². The highest BCUT2D eigenvalue weighted by Gasteiger charge is 2.34. The van der Waals surface area contributed by atoms with Gasteiger partial charge in [-0.2, -0.15) is 0 Å². The van der Waals surface area contributed by atoms with Crippen molar-refractivity contribution in [1.29, 1.82) is 0 Å². The van der Waals surface area contributed by atoms with Crippen molar-refractivity contribution >= 4 is 11.7 Å². The van der Waals surface area contributed by atoms with Gasteiger partial charge in [0.15, 0.2) is 0 Å². The van der Waals surface area contributed by atoms with Crippen LogP contribution in [0.5, 0.6) is 0 Å². The predicted molar refractivity (Wildman–Crippen MR) is 104 cm³/mol. The molecule has 0 bridgehead atoms. The predicted octanol–water partition coefficient (Wildman–Crippen LogP) is 1.32. The number of rotatable bonds is 3. The number of likely N-dealkylation sites (tertiary alicyclic amines) is 1. The molecule has 1 aromatic rings. The Bertz CT molecular complexity index is 641. The van der Waals surface area contributed by atoms with Crippen LogP contribution in [0, 0.1) is 12.8 Å². The number of morpholine rings is 1. The Labute approximate surface area is 161 Å². The smallest absolute Gasteiger partial charge is 0.227 e. The number of amides is 1. The standard InChI is InChI=1S/C20H31N5O2/c1-16-21-7-4-19(22-16)23-9-5-18(6-10-23)25-8-2-3-17(15-25)20(26)24-11-13-27-14-12-24/h4,7,17-18H,2-3,5-6,8-15H2,1H3/t17-/m1/s1. The molecule has 0 aromatic carbocycles. The fraction of sp³-hybridized carbons (Fsp3) is 0.750. The summed E-state index contributed by atoms with van der Waals surface area (Å²) in [7, 11) is 0. The summed E-state index contributed by atoms with van der Waals surface area (Å²) < 4.78 is 5.39. The van der Waals surface area contributed by atoms with E-state index < -0.39 is 0 Å². The van der Waals surface area contributed by atoms with Crippen LogP contribution in [-0.2, 0) is 9.53 Å². The van der Waals surface area contributed by atoms with Gasteiger partial charge in [-0.05, 0) is 45.2 Å². The number of carbonyl (C=O) groups is 1. The van der Waals surface area contributed by atoms with Crippen molar-refractivity contribution in [1.82, 2.24) is 19.8 Å². The lowest BCUT2D eigenvalue weighted by atomic mass is 9.92. The molecule has 1 aromatic heterocycles. The second kappa shape index (κ2) is 8.52. The van der Waals surface area contributed by atoms with Gasteiger partial charge in [0, 0.05) is 45.0 Å². The molecule has 0 N–H and O–H groups in total. The van der Waals surface area contributed by atoms with Gasteiger partial charge in [-0.3, -0.25) is 9.69 Å². The molecule has 1 atom stereocenters. The number of piperidine rings is 2. The first kappa shape index (κ1) is 18.6. The zero-order valence-electron chi connectivity index (χ0n) is 16.3. The average Bonchev–Trinajstić information content (AvgIpc) is 2.74. The maximum Gasteiger partial charge on any atom is 0.227 e. The van der Waals surface area contributed by atoms with Crippen LogP contribution in [0.25, 0.3) is 0 Å². The fourth-order valence-electron chi connectivity index (χ4n) is 4.66. The molecule has 4 heterocycles. The van der Waals surface area contributed by atoms with Crippen molar-refractivity contribution in [2.75, 3.05) is 57.4 Å². The summed E-state index contributed by atoms with van der Waals surface area (Å²) in [5, 5.41) is 0. The van der Waals surface area contributed by atoms with Crippen molar-refractivity contribution in [2.24, 2.45) is 5.92 Å². The van der Waals surface area contributed by atoms with Crippen LogP contribution < -0.4 is 4.90 Å². The minimum Gasteiger partial charge on any atom is -0.378 e. The molecule has 0 saturated carbocycles. The Hall–Kier alpha value is -1.73. The third kappa shape index (κ3) is 4.41. The van der Waals surface area contributed by atoms with E-state index in [2.05, 4.69) is 19.8 Å². The quantitative estimate of drug-likeness (QED) is 0.797. The summed E-state index contributed by atoms with van der Waals surface area (Å²) in [6.07, 6.45) is 6.29. The van der Waals surface area contributed by atoms with Crippen LogP contribution in [-0.4, -0.2) is 84.2 Å². The number of carbonyl (C=O) groups excluding carboxylic acids is 1. The van der Waals surface area contributed by atoms with Crippen molar-refractivity contribution in [3.05, 3.63) is 18.1 Å². The summed E-state index contributed by atoms with van der Waals surface area (Å²) >= 11 is 0. The zero-order valence-corrected chi connectivity index (χ0v) is 16.3. The Morgan fingerprint density at radius 2 is 1.89 bits per heavy atom. The van der Waals surface area contributed by atoms with E-state index in [-0.39, 0.29) is 5.92 Å². The lowest BCUT2D eigenvalue weighted by molar-refractivity contribution is -0.141. The molecule has 0 spiro atoms. The molecule has 0 radical (unpaired) electrons. The maximum atomic E-state index is 12.9. The molecule has 3 fully saturated rings. The lowest BCUT2D eigenvalue weighted by Crippen LogP contribution is -2.52. The average molecular weight is 374 g/mol. The molecule has 7 heteroatoms. The summed E-state index contributed by atoms with van der Waals surface area (Å²) in [4.78, 5) is 28.6. The van der Waals surface area contributed by atoms with E-state index in [4.69, 9.17) is 4.74 Å². The number of aromatic nitrogens is 2. The number of hydrogen-bond donors (Lipinski definition) is 0. The van der Waals surface area contributed by atoms with Crippen LogP contribution in [0.4, 0.5) is 5.82 Å². The maximum absolute atomic E-state index is 12.9. The molecule has 7 nitrogen and oxygen atoms in total. The van der Waals surface area contributed by atoms with E-state index >= 15 is 0 Å². The fourth-order valence-corrected chi connectivity index (χ4v) is 4.66. The third-order valence-corrected chi connectivity index (χ3v) is 6.19. The normalized spacial score (nSPS) is 25.6. The Kier molecular flexibility index (Phi) is 5.88. The largest absolute Gasteiger partial charge is 0.378 e. The first-order chi connectivity index (χ1) is 13.2. The van der Waals surface area contributed by atoms with Crippen LogP contribution in [0.2, 0.25) is 0 Å². The van der Waals surface area contributed by atoms with Gasteiger partial charge in [0.05, 0.1) is 19.1 Å². The highest BCUT2D eigenvalue weighted by Crippen LogP contribution is 2.26. The van der Waals surface area contributed by atoms with Gasteiger partial charge in [0.25, 0.3) is 0 Å². The number of anilines is 1. The van der Waals surface area contributed by atoms with Gasteiger partial charge in [0.1, 0.15) is 11.6 Å². The SMILES string of the molecule is Cc1nccc(N2CCC(N3CCC[C@@H](C(=O)N4CCOCC4)C3)CC2)n1. The first-order valence-electron chi connectivity index (χ1n) is 10.4. The van der Waals surface area contributed by atoms with Crippen LogP contribution >= 0.6 is 0 Å². The third-order valence-electron chi connectivity index (χ3n) is 6.19. The zero-order chi connectivity index (χ0) is 18.6. The molecule has 4 rings (SSSR count). The van der Waals surface area contributed by atoms with E-state index in [0.717, 1.165) is 76.6 Å². The second-order valence-corrected chi connectivity index (χ2v) is 7.95. The monoisotopic (exact) mass is 373 g/mol. The summed E-state index contributed by atoms with van der Waals surface area (Å²) in [5.74, 6) is 2.38. The molecule has 148 valence electrons. The Morgan fingerprint density at radius 1 is 1.11 bits per heavy atom. The minimum atomic E-state index is 0.166.